The van der Waals surface area contributed by atoms with Crippen molar-refractivity contribution in [2.24, 2.45) is 0 Å². The highest BCUT2D eigenvalue weighted by molar-refractivity contribution is 6.35. The molecule has 6 nitrogen and oxygen atoms in total. The number of hydrogen-bond donors (Lipinski definition) is 1. The van der Waals surface area contributed by atoms with Gasteiger partial charge in [0, 0.05) is 5.56 Å². The summed E-state index contributed by atoms with van der Waals surface area (Å²) >= 11 is 5.74. The Hall–Kier alpha value is -2.75. The zero-order valence-electron chi connectivity index (χ0n) is 12.2. The molecule has 0 radical (unpaired) electrons. The van der Waals surface area contributed by atoms with Crippen molar-refractivity contribution >= 4 is 23.3 Å². The molecule has 1 aliphatic rings. The van der Waals surface area contributed by atoms with Crippen molar-refractivity contribution in [3.63, 3.8) is 0 Å². The molecule has 0 amide bonds. The van der Waals surface area contributed by atoms with Crippen LogP contribution >= 0.6 is 11.6 Å². The average Bonchev–Trinajstić information content (AvgIpc) is 2.88. The fraction of sp³-hybridized carbons (Fsp3) is 0.143. The van der Waals surface area contributed by atoms with E-state index in [0.717, 1.165) is 19.2 Å². The van der Waals surface area contributed by atoms with Gasteiger partial charge in [0.05, 0.1) is 17.8 Å². The fourth-order valence-electron chi connectivity index (χ4n) is 2.14. The minimum Gasteiger partial charge on any atom is -0.464 e. The molecular formula is C14H7ClF4N2O4. The second kappa shape index (κ2) is 5.66. The minimum absolute atomic E-state index is 0.527. The first-order chi connectivity index (χ1) is 11.7. The molecular weight excluding hydrogens is 372 g/mol. The van der Waals surface area contributed by atoms with Crippen LogP contribution < -0.4 is 15.2 Å². The van der Waals surface area contributed by atoms with Crippen LogP contribution in [0.3, 0.4) is 0 Å². The summed E-state index contributed by atoms with van der Waals surface area (Å²) in [6.07, 6.45) is -4.07. The number of nitrogens with two attached hydrogens (primary N) is 1. The molecule has 2 N–H and O–H groups in total. The van der Waals surface area contributed by atoms with Crippen molar-refractivity contribution in [1.29, 1.82) is 0 Å². The summed E-state index contributed by atoms with van der Waals surface area (Å²) in [7, 11) is 1.02. The molecule has 11 heteroatoms. The molecule has 25 heavy (non-hydrogen) atoms. The lowest BCUT2D eigenvalue weighted by Crippen LogP contribution is -2.26. The summed E-state index contributed by atoms with van der Waals surface area (Å²) in [6, 6.07) is 1.84. The molecule has 0 saturated heterocycles. The highest BCUT2D eigenvalue weighted by Crippen LogP contribution is 2.46. The van der Waals surface area contributed by atoms with Gasteiger partial charge in [-0.25, -0.2) is 18.6 Å². The van der Waals surface area contributed by atoms with Crippen molar-refractivity contribution in [2.75, 3.05) is 12.8 Å². The van der Waals surface area contributed by atoms with E-state index in [0.29, 0.717) is 0 Å². The highest BCUT2D eigenvalue weighted by atomic mass is 35.5. The highest BCUT2D eigenvalue weighted by Gasteiger charge is 2.45. The molecule has 1 aromatic carbocycles. The molecule has 3 rings (SSSR count). The topological polar surface area (TPSA) is 83.7 Å². The van der Waals surface area contributed by atoms with Crippen molar-refractivity contribution in [1.82, 2.24) is 4.98 Å². The third kappa shape index (κ3) is 2.68. The van der Waals surface area contributed by atoms with E-state index in [1.165, 1.54) is 0 Å². The third-order valence-electron chi connectivity index (χ3n) is 3.26. The monoisotopic (exact) mass is 378 g/mol. The summed E-state index contributed by atoms with van der Waals surface area (Å²) in [5.41, 5.74) is 2.89. The first-order valence-electron chi connectivity index (χ1n) is 6.47. The predicted octanol–water partition coefficient (Wildman–Crippen LogP) is 3.37. The molecule has 0 atom stereocenters. The van der Waals surface area contributed by atoms with Crippen LogP contribution in [-0.2, 0) is 4.74 Å². The van der Waals surface area contributed by atoms with E-state index in [4.69, 9.17) is 17.3 Å². The van der Waals surface area contributed by atoms with Crippen LogP contribution in [0, 0.1) is 11.6 Å². The molecule has 0 spiro atoms. The number of carbonyl (C=O) groups excluding carboxylic acids is 1. The normalized spacial score (nSPS) is 14.5. The molecule has 0 fully saturated rings. The number of pyridine rings is 1. The molecule has 0 saturated carbocycles. The number of halogens is 5. The van der Waals surface area contributed by atoms with Crippen LogP contribution in [0.1, 0.15) is 10.5 Å². The Morgan fingerprint density at radius 2 is 1.96 bits per heavy atom. The van der Waals surface area contributed by atoms with Crippen molar-refractivity contribution in [3.05, 3.63) is 34.5 Å². The molecule has 1 aromatic heterocycles. The Bertz CT molecular complexity index is 907. The Morgan fingerprint density at radius 3 is 2.60 bits per heavy atom. The fourth-order valence-corrected chi connectivity index (χ4v) is 2.34. The number of rotatable bonds is 2. The Balaban J connectivity index is 2.22. The number of carbonyl (C=O) groups is 1. The van der Waals surface area contributed by atoms with Gasteiger partial charge >= 0.3 is 12.3 Å². The van der Waals surface area contributed by atoms with Gasteiger partial charge < -0.3 is 19.9 Å². The minimum atomic E-state index is -4.07. The average molecular weight is 379 g/mol. The number of nitrogen functional groups attached to an aromatic ring is 1. The Labute approximate surface area is 142 Å². The van der Waals surface area contributed by atoms with Crippen molar-refractivity contribution < 1.29 is 36.6 Å². The van der Waals surface area contributed by atoms with E-state index in [-0.39, 0.29) is 0 Å². The standard InChI is InChI=1S/C14H7ClF4N2O4/c1-23-13(22)11-6(15)9(20)8(17)10(21-11)4-2-3-5-12(7(4)16)25-14(18,19)24-5/h2-3H,1H3,(H2,20,21). The number of methoxy groups -OCH3 is 1. The predicted molar refractivity (Wildman–Crippen MR) is 76.6 cm³/mol. The maximum atomic E-state index is 14.5. The summed E-state index contributed by atoms with van der Waals surface area (Å²) < 4.78 is 67.6. The maximum Gasteiger partial charge on any atom is 0.586 e. The van der Waals surface area contributed by atoms with Gasteiger partial charge in [-0.1, -0.05) is 11.6 Å². The third-order valence-corrected chi connectivity index (χ3v) is 3.64. The second-order valence-electron chi connectivity index (χ2n) is 4.76. The summed E-state index contributed by atoms with van der Waals surface area (Å²) in [5, 5.41) is -0.527. The van der Waals surface area contributed by atoms with Crippen LogP contribution in [0.25, 0.3) is 11.3 Å². The van der Waals surface area contributed by atoms with E-state index in [1.54, 1.807) is 0 Å². The zero-order valence-corrected chi connectivity index (χ0v) is 13.0. The lowest BCUT2D eigenvalue weighted by atomic mass is 10.1. The van der Waals surface area contributed by atoms with E-state index >= 15 is 0 Å². The van der Waals surface area contributed by atoms with Crippen molar-refractivity contribution in [2.45, 2.75) is 6.29 Å². The van der Waals surface area contributed by atoms with Crippen LogP contribution in [0.5, 0.6) is 11.5 Å². The van der Waals surface area contributed by atoms with E-state index in [1.807, 2.05) is 0 Å². The molecule has 0 bridgehead atoms. The molecule has 2 heterocycles. The molecule has 132 valence electrons. The molecule has 0 aliphatic carbocycles. The number of anilines is 1. The van der Waals surface area contributed by atoms with Gasteiger partial charge in [-0.15, -0.1) is 8.78 Å². The van der Waals surface area contributed by atoms with Gasteiger partial charge in [0.1, 0.15) is 5.69 Å². The van der Waals surface area contributed by atoms with Gasteiger partial charge in [0.2, 0.25) is 5.75 Å². The van der Waals surface area contributed by atoms with Crippen LogP contribution in [0.4, 0.5) is 23.2 Å². The van der Waals surface area contributed by atoms with Crippen LogP contribution in [-0.4, -0.2) is 24.4 Å². The SMILES string of the molecule is COC(=O)c1nc(-c2ccc3c(c2F)OC(F)(F)O3)c(F)c(N)c1Cl. The number of aromatic nitrogens is 1. The van der Waals surface area contributed by atoms with Gasteiger partial charge in [-0.2, -0.15) is 0 Å². The van der Waals surface area contributed by atoms with Gasteiger partial charge in [-0.3, -0.25) is 0 Å². The van der Waals surface area contributed by atoms with Gasteiger partial charge in [0.15, 0.2) is 23.1 Å². The molecule has 1 aliphatic heterocycles. The van der Waals surface area contributed by atoms with Crippen LogP contribution in [0.2, 0.25) is 5.02 Å². The lowest BCUT2D eigenvalue weighted by molar-refractivity contribution is -0.287. The van der Waals surface area contributed by atoms with E-state index in [9.17, 15) is 22.4 Å². The maximum absolute atomic E-state index is 14.5. The van der Waals surface area contributed by atoms with Crippen molar-refractivity contribution in [3.8, 4) is 22.8 Å². The molecule has 2 aromatic rings. The quantitative estimate of drug-likeness (QED) is 0.637. The Morgan fingerprint density at radius 1 is 1.28 bits per heavy atom. The second-order valence-corrected chi connectivity index (χ2v) is 5.14. The van der Waals surface area contributed by atoms with E-state index in [2.05, 4.69) is 19.2 Å². The number of hydrogen-bond acceptors (Lipinski definition) is 6. The van der Waals surface area contributed by atoms with Crippen LogP contribution in [0.15, 0.2) is 12.1 Å². The summed E-state index contributed by atoms with van der Waals surface area (Å²) in [5.74, 6) is -5.19. The number of fused-ring (bicyclic) bond motifs is 1. The number of benzene rings is 1. The van der Waals surface area contributed by atoms with E-state index < -0.39 is 63.1 Å². The molecule has 0 unspecified atom stereocenters. The summed E-state index contributed by atoms with van der Waals surface area (Å²) in [6.45, 7) is 0. The first-order valence-corrected chi connectivity index (χ1v) is 6.85. The zero-order chi connectivity index (χ0) is 18.5. The lowest BCUT2D eigenvalue weighted by Gasteiger charge is -2.11. The van der Waals surface area contributed by atoms with Gasteiger partial charge in [0.25, 0.3) is 0 Å². The number of esters is 1. The number of alkyl halides is 2. The first kappa shape index (κ1) is 17.1. The number of nitrogens with zero attached hydrogens (tertiary/aromatic N) is 1. The van der Waals surface area contributed by atoms with Gasteiger partial charge in [-0.05, 0) is 12.1 Å². The smallest absolute Gasteiger partial charge is 0.464 e. The largest absolute Gasteiger partial charge is 0.586 e. The number of ether oxygens (including phenoxy) is 3. The summed E-state index contributed by atoms with van der Waals surface area (Å²) in [4.78, 5) is 15.3. The Kier molecular flexibility index (Phi) is 3.87.